The first-order valence-electron chi connectivity index (χ1n) is 12.6. The van der Waals surface area contributed by atoms with Gasteiger partial charge in [-0.2, -0.15) is 0 Å². The Bertz CT molecular complexity index is 1350. The van der Waals surface area contributed by atoms with E-state index >= 15 is 0 Å². The van der Waals surface area contributed by atoms with Gasteiger partial charge < -0.3 is 24.4 Å². The third-order valence-corrected chi connectivity index (χ3v) is 7.34. The van der Waals surface area contributed by atoms with Crippen LogP contribution < -0.4 is 15.1 Å². The number of hydrogen-bond donors (Lipinski definition) is 1. The number of nitrogens with zero attached hydrogens (tertiary/aromatic N) is 5. The molecule has 4 rings (SSSR count). The summed E-state index contributed by atoms with van der Waals surface area (Å²) in [6, 6.07) is 7.47. The number of amides is 2. The summed E-state index contributed by atoms with van der Waals surface area (Å²) >= 11 is 8.49. The van der Waals surface area contributed by atoms with Gasteiger partial charge in [0, 0.05) is 49.3 Å². The number of aromatic nitrogens is 3. The van der Waals surface area contributed by atoms with E-state index in [1.165, 1.54) is 23.1 Å². The van der Waals surface area contributed by atoms with Gasteiger partial charge in [-0.1, -0.05) is 11.6 Å². The normalized spacial score (nSPS) is 15.7. The van der Waals surface area contributed by atoms with E-state index in [-0.39, 0.29) is 18.5 Å². The van der Waals surface area contributed by atoms with Crippen LogP contribution in [0.25, 0.3) is 0 Å². The van der Waals surface area contributed by atoms with Crippen LogP contribution in [0.2, 0.25) is 5.02 Å². The lowest BCUT2D eigenvalue weighted by molar-refractivity contribution is 0.0499. The second-order valence-corrected chi connectivity index (χ2v) is 11.8. The van der Waals surface area contributed by atoms with E-state index in [4.69, 9.17) is 21.3 Å². The van der Waals surface area contributed by atoms with E-state index in [0.29, 0.717) is 44.7 Å². The number of rotatable bonds is 6. The highest BCUT2D eigenvalue weighted by Crippen LogP contribution is 2.29. The fourth-order valence-corrected chi connectivity index (χ4v) is 5.35. The van der Waals surface area contributed by atoms with Crippen molar-refractivity contribution in [3.05, 3.63) is 68.5 Å². The molecule has 0 aliphatic carbocycles. The molecule has 1 fully saturated rings. The summed E-state index contributed by atoms with van der Waals surface area (Å²) in [5.41, 5.74) is 0.939. The average Bonchev–Trinajstić information content (AvgIpc) is 3.20. The molecule has 1 atom stereocenters. The number of carbonyl (C=O) groups is 2. The second-order valence-electron chi connectivity index (χ2n) is 10.4. The average molecular weight is 669 g/mol. The maximum Gasteiger partial charge on any atom is 0.407 e. The van der Waals surface area contributed by atoms with Crippen LogP contribution >= 0.6 is 34.2 Å². The maximum atomic E-state index is 14.2. The Hall–Kier alpha value is -2.93. The van der Waals surface area contributed by atoms with Crippen molar-refractivity contribution in [2.45, 2.75) is 51.8 Å². The first-order chi connectivity index (χ1) is 18.4. The van der Waals surface area contributed by atoms with Crippen molar-refractivity contribution in [2.24, 2.45) is 0 Å². The molecule has 208 valence electrons. The molecule has 1 aromatic carbocycles. The van der Waals surface area contributed by atoms with Gasteiger partial charge in [-0.3, -0.25) is 9.78 Å². The quantitative estimate of drug-likeness (QED) is 0.349. The minimum Gasteiger partial charge on any atom is -0.444 e. The number of halogens is 3. The topological polar surface area (TPSA) is 92.6 Å². The predicted molar refractivity (Wildman–Crippen MR) is 157 cm³/mol. The minimum atomic E-state index is -0.606. The molecule has 0 radical (unpaired) electrons. The number of pyridine rings is 1. The molecule has 1 aliphatic rings. The lowest BCUT2D eigenvalue weighted by atomic mass is 10.1. The van der Waals surface area contributed by atoms with Gasteiger partial charge in [0.05, 0.1) is 6.54 Å². The molecule has 0 spiro atoms. The van der Waals surface area contributed by atoms with E-state index in [2.05, 4.69) is 32.9 Å². The Kier molecular flexibility index (Phi) is 9.00. The van der Waals surface area contributed by atoms with Crippen LogP contribution in [0.3, 0.4) is 0 Å². The molecule has 0 unspecified atom stereocenters. The van der Waals surface area contributed by atoms with Crippen molar-refractivity contribution in [1.29, 1.82) is 0 Å². The van der Waals surface area contributed by atoms with Crippen LogP contribution in [-0.2, 0) is 11.3 Å². The van der Waals surface area contributed by atoms with Crippen LogP contribution in [-0.4, -0.2) is 58.3 Å². The number of imidazole rings is 1. The SMILES string of the molecule is CN(C(=O)c1c(I)nc(N2CCC[C@@H](NC(=O)OC(C)(C)C)C2)n1Cc1cc(F)ccc1Cl)c1ccncc1. The molecule has 1 saturated heterocycles. The van der Waals surface area contributed by atoms with Crippen LogP contribution in [0, 0.1) is 9.52 Å². The van der Waals surface area contributed by atoms with Crippen molar-refractivity contribution >= 4 is 57.8 Å². The van der Waals surface area contributed by atoms with Gasteiger partial charge in [-0.05, 0) is 92.1 Å². The number of nitrogens with one attached hydrogen (secondary N) is 1. The van der Waals surface area contributed by atoms with Crippen LogP contribution in [0.5, 0.6) is 0 Å². The highest BCUT2D eigenvalue weighted by molar-refractivity contribution is 14.1. The van der Waals surface area contributed by atoms with Crippen molar-refractivity contribution in [3.8, 4) is 0 Å². The molecule has 12 heteroatoms. The first-order valence-corrected chi connectivity index (χ1v) is 14.0. The van der Waals surface area contributed by atoms with Crippen LogP contribution in [0.4, 0.5) is 20.8 Å². The molecule has 0 bridgehead atoms. The van der Waals surface area contributed by atoms with Gasteiger partial charge >= 0.3 is 6.09 Å². The first kappa shape index (κ1) is 29.1. The summed E-state index contributed by atoms with van der Waals surface area (Å²) in [4.78, 5) is 38.6. The summed E-state index contributed by atoms with van der Waals surface area (Å²) < 4.78 is 21.9. The van der Waals surface area contributed by atoms with E-state index in [0.717, 1.165) is 12.8 Å². The third kappa shape index (κ3) is 7.18. The summed E-state index contributed by atoms with van der Waals surface area (Å²) in [6.45, 7) is 6.72. The summed E-state index contributed by atoms with van der Waals surface area (Å²) in [7, 11) is 1.68. The number of anilines is 2. The Balaban J connectivity index is 1.69. The summed E-state index contributed by atoms with van der Waals surface area (Å²) in [5.74, 6) is -0.161. The highest BCUT2D eigenvalue weighted by Gasteiger charge is 2.31. The molecule has 0 saturated carbocycles. The Labute approximate surface area is 245 Å². The summed E-state index contributed by atoms with van der Waals surface area (Å²) in [5, 5.41) is 3.34. The number of benzene rings is 1. The molecule has 1 N–H and O–H groups in total. The van der Waals surface area contributed by atoms with Gasteiger partial charge in [0.2, 0.25) is 5.95 Å². The number of hydrogen-bond acceptors (Lipinski definition) is 6. The highest BCUT2D eigenvalue weighted by atomic mass is 127. The standard InChI is InChI=1S/C27H31ClFIN6O3/c1-27(2,3)39-26(38)32-19-6-5-13-35(16-19)25-33-23(30)22(24(37)34(4)20-9-11-31-12-10-20)36(25)15-17-14-18(29)7-8-21(17)28/h7-12,14,19H,5-6,13,15-16H2,1-4H3,(H,32,38)/t19-/m1/s1. The zero-order valence-corrected chi connectivity index (χ0v) is 25.2. The monoisotopic (exact) mass is 668 g/mol. The van der Waals surface area contributed by atoms with Crippen molar-refractivity contribution in [2.75, 3.05) is 29.9 Å². The van der Waals surface area contributed by atoms with E-state index in [1.807, 2.05) is 25.7 Å². The van der Waals surface area contributed by atoms with Crippen LogP contribution in [0.15, 0.2) is 42.7 Å². The van der Waals surface area contributed by atoms with Crippen molar-refractivity contribution in [3.63, 3.8) is 0 Å². The number of alkyl carbamates (subject to hydrolysis) is 1. The second kappa shape index (κ2) is 12.1. The molecule has 3 heterocycles. The summed E-state index contributed by atoms with van der Waals surface area (Å²) in [6.07, 6.45) is 4.33. The molecule has 9 nitrogen and oxygen atoms in total. The number of ether oxygens (including phenoxy) is 1. The lowest BCUT2D eigenvalue weighted by Gasteiger charge is -2.34. The van der Waals surface area contributed by atoms with Crippen LogP contribution in [0.1, 0.15) is 49.7 Å². The third-order valence-electron chi connectivity index (χ3n) is 6.22. The Morgan fingerprint density at radius 1 is 1.26 bits per heavy atom. The van der Waals surface area contributed by atoms with E-state index < -0.39 is 17.5 Å². The molecule has 2 aromatic heterocycles. The van der Waals surface area contributed by atoms with E-state index in [9.17, 15) is 14.0 Å². The van der Waals surface area contributed by atoms with Crippen molar-refractivity contribution in [1.82, 2.24) is 19.9 Å². The molecule has 1 aliphatic heterocycles. The van der Waals surface area contributed by atoms with Gasteiger partial charge in [-0.15, -0.1) is 0 Å². The lowest BCUT2D eigenvalue weighted by Crippen LogP contribution is -2.49. The van der Waals surface area contributed by atoms with Gasteiger partial charge in [0.1, 0.15) is 20.8 Å². The predicted octanol–water partition coefficient (Wildman–Crippen LogP) is 5.49. The zero-order chi connectivity index (χ0) is 28.3. The molecular weight excluding hydrogens is 638 g/mol. The zero-order valence-electron chi connectivity index (χ0n) is 22.2. The largest absolute Gasteiger partial charge is 0.444 e. The fraction of sp³-hybridized carbons (Fsp3) is 0.407. The Morgan fingerprint density at radius 2 is 1.97 bits per heavy atom. The fourth-order valence-electron chi connectivity index (χ4n) is 4.44. The van der Waals surface area contributed by atoms with Gasteiger partial charge in [-0.25, -0.2) is 14.2 Å². The minimum absolute atomic E-state index is 0.133. The number of carbonyl (C=O) groups excluding carboxylic acids is 2. The van der Waals surface area contributed by atoms with Crippen molar-refractivity contribution < 1.29 is 18.7 Å². The smallest absolute Gasteiger partial charge is 0.407 e. The van der Waals surface area contributed by atoms with Gasteiger partial charge in [0.25, 0.3) is 5.91 Å². The molecule has 3 aromatic rings. The maximum absolute atomic E-state index is 14.2. The molecular formula is C27H31ClFIN6O3. The van der Waals surface area contributed by atoms with Gasteiger partial charge in [0.15, 0.2) is 0 Å². The van der Waals surface area contributed by atoms with E-state index in [1.54, 1.807) is 36.1 Å². The Morgan fingerprint density at radius 3 is 2.67 bits per heavy atom. The number of piperidine rings is 1. The molecule has 2 amide bonds. The molecule has 39 heavy (non-hydrogen) atoms.